The molecule has 12 nitrogen and oxygen atoms in total. The average molecular weight is 496 g/mol. The molecule has 1 fully saturated rings. The van der Waals surface area contributed by atoms with Crippen LogP contribution in [0.25, 0.3) is 0 Å². The molecular weight excluding hydrogens is 466 g/mol. The van der Waals surface area contributed by atoms with Gasteiger partial charge in [-0.05, 0) is 36.5 Å². The lowest BCUT2D eigenvalue weighted by atomic mass is 9.83. The van der Waals surface area contributed by atoms with Crippen LogP contribution in [0.1, 0.15) is 64.9 Å². The van der Waals surface area contributed by atoms with Crippen LogP contribution in [0.3, 0.4) is 0 Å². The molecule has 1 aromatic heterocycles. The van der Waals surface area contributed by atoms with E-state index in [0.29, 0.717) is 50.2 Å². The fourth-order valence-electron chi connectivity index (χ4n) is 5.32. The highest BCUT2D eigenvalue weighted by molar-refractivity contribution is 6.06. The Morgan fingerprint density at radius 2 is 2.06 bits per heavy atom. The van der Waals surface area contributed by atoms with Crippen molar-refractivity contribution in [3.8, 4) is 0 Å². The van der Waals surface area contributed by atoms with Crippen LogP contribution in [-0.4, -0.2) is 69.2 Å². The molecular formula is C24H29N7O5. The van der Waals surface area contributed by atoms with Crippen LogP contribution in [0, 0.1) is 0 Å². The maximum Gasteiger partial charge on any atom is 0.255 e. The Hall–Kier alpha value is -3.48. The summed E-state index contributed by atoms with van der Waals surface area (Å²) >= 11 is 0. The second-order valence-corrected chi connectivity index (χ2v) is 9.28. The lowest BCUT2D eigenvalue weighted by Gasteiger charge is -2.38. The van der Waals surface area contributed by atoms with Crippen molar-refractivity contribution < 1.29 is 23.9 Å². The summed E-state index contributed by atoms with van der Waals surface area (Å²) in [5, 5.41) is 13.5. The summed E-state index contributed by atoms with van der Waals surface area (Å²) < 4.78 is 7.11. The number of Topliss-reactive ketones (excluding diaryl/α,β-unsaturated/α-hetero) is 1. The molecule has 12 heteroatoms. The number of imide groups is 1. The third-order valence-corrected chi connectivity index (χ3v) is 6.99. The molecule has 5 rings (SSSR count). The Kier molecular flexibility index (Phi) is 6.90. The lowest BCUT2D eigenvalue weighted by Crippen LogP contribution is -2.53. The van der Waals surface area contributed by atoms with Crippen LogP contribution in [0.15, 0.2) is 24.4 Å². The predicted molar refractivity (Wildman–Crippen MR) is 125 cm³/mol. The van der Waals surface area contributed by atoms with E-state index in [1.54, 1.807) is 21.8 Å². The van der Waals surface area contributed by atoms with Crippen LogP contribution >= 0.6 is 0 Å². The highest BCUT2D eigenvalue weighted by Gasteiger charge is 2.47. The van der Waals surface area contributed by atoms with Crippen molar-refractivity contribution in [2.24, 2.45) is 5.73 Å². The standard InChI is InChI=1S/C24H29N7O5/c25-10-14-12-30(29-28-14)8-9-36-13-15(32)11-26-18-4-5-19-22-16(18)2-1-3-17(22)24(35)31(19)20-6-7-21(33)27-23(20)34/h1-3,12,18-20,26H,4-11,13,25H2,(H,27,33,34). The highest BCUT2D eigenvalue weighted by atomic mass is 16.5. The predicted octanol–water partition coefficient (Wildman–Crippen LogP) is -0.251. The SMILES string of the molecule is NCc1cn(CCOCC(=O)CNC2CCC3c4c(cccc42)C(=O)N3C2CCC(=O)NC2=O)nn1. The fraction of sp³-hybridized carbons (Fsp3) is 0.500. The number of hydrogen-bond donors (Lipinski definition) is 3. The molecule has 0 radical (unpaired) electrons. The molecule has 0 saturated carbocycles. The third kappa shape index (κ3) is 4.66. The molecule has 0 spiro atoms. The largest absolute Gasteiger partial charge is 0.372 e. The second-order valence-electron chi connectivity index (χ2n) is 9.28. The van der Waals surface area contributed by atoms with Gasteiger partial charge in [-0.2, -0.15) is 0 Å². The zero-order valence-corrected chi connectivity index (χ0v) is 19.8. The number of hydrogen-bond acceptors (Lipinski definition) is 9. The topological polar surface area (TPSA) is 162 Å². The van der Waals surface area contributed by atoms with Gasteiger partial charge in [0.25, 0.3) is 5.91 Å². The summed E-state index contributed by atoms with van der Waals surface area (Å²) in [6.07, 6.45) is 3.67. The Labute approximate surface area is 207 Å². The van der Waals surface area contributed by atoms with E-state index >= 15 is 0 Å². The van der Waals surface area contributed by atoms with Crippen molar-refractivity contribution in [3.05, 3.63) is 46.8 Å². The van der Waals surface area contributed by atoms with E-state index in [1.165, 1.54) is 0 Å². The van der Waals surface area contributed by atoms with Gasteiger partial charge in [-0.15, -0.1) is 5.10 Å². The molecule has 1 aromatic carbocycles. The molecule has 2 aliphatic heterocycles. The van der Waals surface area contributed by atoms with E-state index in [0.717, 1.165) is 11.1 Å². The first kappa shape index (κ1) is 24.2. The Morgan fingerprint density at radius 3 is 2.83 bits per heavy atom. The molecule has 1 saturated heterocycles. The number of carbonyl (C=O) groups is 4. The van der Waals surface area contributed by atoms with E-state index < -0.39 is 11.9 Å². The maximum absolute atomic E-state index is 13.3. The molecule has 190 valence electrons. The van der Waals surface area contributed by atoms with Gasteiger partial charge >= 0.3 is 0 Å². The molecule has 3 heterocycles. The number of benzene rings is 1. The molecule has 3 amide bonds. The minimum absolute atomic E-state index is 0.0184. The van der Waals surface area contributed by atoms with Gasteiger partial charge in [0.1, 0.15) is 12.6 Å². The van der Waals surface area contributed by atoms with E-state index in [9.17, 15) is 19.2 Å². The molecule has 2 aromatic rings. The number of ketones is 1. The normalized spacial score (nSPS) is 23.1. The van der Waals surface area contributed by atoms with Crippen molar-refractivity contribution >= 4 is 23.5 Å². The number of nitrogens with one attached hydrogen (secondary N) is 2. The number of nitrogens with zero attached hydrogens (tertiary/aromatic N) is 4. The number of nitrogens with two attached hydrogens (primary N) is 1. The van der Waals surface area contributed by atoms with E-state index in [4.69, 9.17) is 10.5 Å². The maximum atomic E-state index is 13.3. The summed E-state index contributed by atoms with van der Waals surface area (Å²) in [5.41, 5.74) is 8.70. The van der Waals surface area contributed by atoms with Crippen molar-refractivity contribution in [3.63, 3.8) is 0 Å². The van der Waals surface area contributed by atoms with Crippen molar-refractivity contribution in [1.29, 1.82) is 0 Å². The monoisotopic (exact) mass is 495 g/mol. The van der Waals surface area contributed by atoms with Gasteiger partial charge in [0.05, 0.1) is 31.4 Å². The summed E-state index contributed by atoms with van der Waals surface area (Å²) in [6.45, 7) is 1.25. The Morgan fingerprint density at radius 1 is 1.19 bits per heavy atom. The fourth-order valence-corrected chi connectivity index (χ4v) is 5.32. The van der Waals surface area contributed by atoms with E-state index in [-0.39, 0.29) is 49.3 Å². The highest BCUT2D eigenvalue weighted by Crippen LogP contribution is 2.47. The average Bonchev–Trinajstić information content (AvgIpc) is 3.45. The van der Waals surface area contributed by atoms with Gasteiger partial charge in [-0.25, -0.2) is 4.68 Å². The number of piperidine rings is 1. The molecule has 3 atom stereocenters. The van der Waals surface area contributed by atoms with Crippen LogP contribution in [0.2, 0.25) is 0 Å². The van der Waals surface area contributed by atoms with Gasteiger partial charge in [-0.3, -0.25) is 24.5 Å². The van der Waals surface area contributed by atoms with Crippen molar-refractivity contribution in [2.45, 2.75) is 56.9 Å². The zero-order valence-electron chi connectivity index (χ0n) is 19.8. The molecule has 1 aliphatic carbocycles. The van der Waals surface area contributed by atoms with Crippen LogP contribution in [-0.2, 0) is 32.2 Å². The Balaban J connectivity index is 1.17. The van der Waals surface area contributed by atoms with E-state index in [1.807, 2.05) is 12.1 Å². The van der Waals surface area contributed by atoms with Gasteiger partial charge in [0, 0.05) is 30.8 Å². The third-order valence-electron chi connectivity index (χ3n) is 6.99. The Bertz CT molecular complexity index is 1200. The first-order chi connectivity index (χ1) is 17.5. The number of ether oxygens (including phenoxy) is 1. The minimum atomic E-state index is -0.650. The molecule has 3 aliphatic rings. The zero-order chi connectivity index (χ0) is 25.2. The summed E-state index contributed by atoms with van der Waals surface area (Å²) in [4.78, 5) is 51.4. The van der Waals surface area contributed by atoms with Crippen LogP contribution in [0.5, 0.6) is 0 Å². The lowest BCUT2D eigenvalue weighted by molar-refractivity contribution is -0.137. The minimum Gasteiger partial charge on any atom is -0.372 e. The van der Waals surface area contributed by atoms with Gasteiger partial charge in [-0.1, -0.05) is 17.3 Å². The molecule has 4 N–H and O–H groups in total. The first-order valence-electron chi connectivity index (χ1n) is 12.2. The second kappa shape index (κ2) is 10.2. The van der Waals surface area contributed by atoms with Crippen LogP contribution in [0.4, 0.5) is 0 Å². The van der Waals surface area contributed by atoms with E-state index in [2.05, 4.69) is 20.9 Å². The van der Waals surface area contributed by atoms with Gasteiger partial charge < -0.3 is 20.7 Å². The molecule has 36 heavy (non-hydrogen) atoms. The van der Waals surface area contributed by atoms with Gasteiger partial charge in [0.15, 0.2) is 5.78 Å². The first-order valence-corrected chi connectivity index (χ1v) is 12.2. The quantitative estimate of drug-likeness (QED) is 0.298. The summed E-state index contributed by atoms with van der Waals surface area (Å²) in [6, 6.07) is 4.65. The smallest absolute Gasteiger partial charge is 0.255 e. The number of rotatable bonds is 10. The number of carbonyl (C=O) groups excluding carboxylic acids is 4. The summed E-state index contributed by atoms with van der Waals surface area (Å²) in [5.74, 6) is -0.972. The van der Waals surface area contributed by atoms with Gasteiger partial charge in [0.2, 0.25) is 11.8 Å². The van der Waals surface area contributed by atoms with Crippen molar-refractivity contribution in [1.82, 2.24) is 30.5 Å². The van der Waals surface area contributed by atoms with Crippen molar-refractivity contribution in [2.75, 3.05) is 19.8 Å². The summed E-state index contributed by atoms with van der Waals surface area (Å²) in [7, 11) is 0. The number of aromatic nitrogens is 3. The molecule has 0 bridgehead atoms. The van der Waals surface area contributed by atoms with Crippen LogP contribution < -0.4 is 16.4 Å². The number of amides is 3. The molecule has 3 unspecified atom stereocenters.